The first kappa shape index (κ1) is 20.2. The van der Waals surface area contributed by atoms with Crippen molar-refractivity contribution < 1.29 is 18.4 Å². The molecule has 0 atom stereocenters. The van der Waals surface area contributed by atoms with Crippen LogP contribution >= 0.6 is 0 Å². The van der Waals surface area contributed by atoms with Gasteiger partial charge in [0, 0.05) is 31.7 Å². The molecular formula is C22H23FN4O3. The van der Waals surface area contributed by atoms with E-state index in [0.717, 1.165) is 5.56 Å². The maximum Gasteiger partial charge on any atom is 0.258 e. The van der Waals surface area contributed by atoms with Gasteiger partial charge in [-0.3, -0.25) is 9.69 Å². The molecule has 0 aliphatic carbocycles. The number of hydrogen-bond donors (Lipinski definition) is 0. The van der Waals surface area contributed by atoms with Crippen LogP contribution in [0.1, 0.15) is 11.4 Å². The van der Waals surface area contributed by atoms with Crippen LogP contribution in [0.15, 0.2) is 59.1 Å². The number of ether oxygens (including phenoxy) is 1. The van der Waals surface area contributed by atoms with E-state index in [2.05, 4.69) is 15.0 Å². The number of carbonyl (C=O) groups is 1. The Kier molecular flexibility index (Phi) is 6.46. The van der Waals surface area contributed by atoms with Crippen molar-refractivity contribution in [3.8, 4) is 11.5 Å². The number of benzene rings is 2. The summed E-state index contributed by atoms with van der Waals surface area (Å²) in [6, 6.07) is 15.9. The molecule has 4 rings (SSSR count). The van der Waals surface area contributed by atoms with E-state index in [1.807, 2.05) is 35.2 Å². The highest BCUT2D eigenvalue weighted by Gasteiger charge is 2.22. The minimum absolute atomic E-state index is 0.00136. The SMILES string of the molecule is O=C(COCc1ccccc1)N1CCN(Cc2noc(-c3cccc(F)c3)n2)CC1. The lowest BCUT2D eigenvalue weighted by Gasteiger charge is -2.34. The summed E-state index contributed by atoms with van der Waals surface area (Å²) in [6.45, 7) is 3.72. The van der Waals surface area contributed by atoms with Crippen molar-refractivity contribution in [2.24, 2.45) is 0 Å². The molecule has 0 unspecified atom stereocenters. The van der Waals surface area contributed by atoms with E-state index < -0.39 is 0 Å². The molecule has 1 fully saturated rings. The van der Waals surface area contributed by atoms with E-state index in [-0.39, 0.29) is 18.3 Å². The molecule has 0 N–H and O–H groups in total. The number of carbonyl (C=O) groups excluding carboxylic acids is 1. The molecule has 8 heteroatoms. The second-order valence-electron chi connectivity index (χ2n) is 7.16. The Morgan fingerprint density at radius 3 is 2.63 bits per heavy atom. The smallest absolute Gasteiger partial charge is 0.258 e. The highest BCUT2D eigenvalue weighted by atomic mass is 19.1. The minimum atomic E-state index is -0.346. The zero-order valence-electron chi connectivity index (χ0n) is 16.5. The molecular weight excluding hydrogens is 387 g/mol. The molecule has 0 saturated carbocycles. The van der Waals surface area contributed by atoms with Crippen LogP contribution in [0.25, 0.3) is 11.5 Å². The molecule has 1 amide bonds. The van der Waals surface area contributed by atoms with E-state index in [1.165, 1.54) is 12.1 Å². The average Bonchev–Trinajstić information content (AvgIpc) is 3.23. The molecule has 156 valence electrons. The zero-order chi connectivity index (χ0) is 20.8. The van der Waals surface area contributed by atoms with E-state index in [9.17, 15) is 9.18 Å². The van der Waals surface area contributed by atoms with Gasteiger partial charge in [-0.2, -0.15) is 4.98 Å². The van der Waals surface area contributed by atoms with Gasteiger partial charge in [-0.15, -0.1) is 0 Å². The number of rotatable bonds is 7. The minimum Gasteiger partial charge on any atom is -0.367 e. The summed E-state index contributed by atoms with van der Waals surface area (Å²) in [6.07, 6.45) is 0. The third-order valence-corrected chi connectivity index (χ3v) is 4.97. The Balaban J connectivity index is 1.21. The standard InChI is InChI=1S/C22H23FN4O3/c23-19-8-4-7-18(13-19)22-24-20(25-30-22)14-26-9-11-27(12-10-26)21(28)16-29-15-17-5-2-1-3-6-17/h1-8,13H,9-12,14-16H2. The van der Waals surface area contributed by atoms with Gasteiger partial charge in [-0.1, -0.05) is 41.6 Å². The molecule has 0 radical (unpaired) electrons. The van der Waals surface area contributed by atoms with Crippen LogP contribution in [-0.2, 0) is 22.7 Å². The van der Waals surface area contributed by atoms with Crippen LogP contribution in [0.2, 0.25) is 0 Å². The van der Waals surface area contributed by atoms with Gasteiger partial charge in [0.2, 0.25) is 5.91 Å². The Labute approximate surface area is 174 Å². The fourth-order valence-corrected chi connectivity index (χ4v) is 3.33. The molecule has 30 heavy (non-hydrogen) atoms. The number of hydrogen-bond acceptors (Lipinski definition) is 6. The Morgan fingerprint density at radius 2 is 1.87 bits per heavy atom. The molecule has 1 aromatic heterocycles. The van der Waals surface area contributed by atoms with Gasteiger partial charge in [0.25, 0.3) is 5.89 Å². The number of piperazine rings is 1. The number of halogens is 1. The Bertz CT molecular complexity index is 971. The van der Waals surface area contributed by atoms with E-state index >= 15 is 0 Å². The molecule has 0 bridgehead atoms. The number of aromatic nitrogens is 2. The lowest BCUT2D eigenvalue weighted by Crippen LogP contribution is -2.49. The quantitative estimate of drug-likeness (QED) is 0.597. The largest absolute Gasteiger partial charge is 0.367 e. The van der Waals surface area contributed by atoms with Crippen molar-refractivity contribution in [2.45, 2.75) is 13.2 Å². The topological polar surface area (TPSA) is 71.7 Å². The third-order valence-electron chi connectivity index (χ3n) is 4.97. The maximum absolute atomic E-state index is 13.4. The van der Waals surface area contributed by atoms with Crippen LogP contribution in [0.3, 0.4) is 0 Å². The third kappa shape index (κ3) is 5.28. The molecule has 3 aromatic rings. The number of nitrogens with zero attached hydrogens (tertiary/aromatic N) is 4. The summed E-state index contributed by atoms with van der Waals surface area (Å²) in [5.41, 5.74) is 1.60. The average molecular weight is 410 g/mol. The molecule has 1 aliphatic heterocycles. The van der Waals surface area contributed by atoms with Gasteiger partial charge < -0.3 is 14.2 Å². The van der Waals surface area contributed by atoms with Crippen molar-refractivity contribution in [3.63, 3.8) is 0 Å². The Hall–Kier alpha value is -3.10. The van der Waals surface area contributed by atoms with E-state index in [4.69, 9.17) is 9.26 Å². The molecule has 2 heterocycles. The Morgan fingerprint density at radius 1 is 1.07 bits per heavy atom. The maximum atomic E-state index is 13.4. The van der Waals surface area contributed by atoms with Crippen molar-refractivity contribution in [1.82, 2.24) is 19.9 Å². The zero-order valence-corrected chi connectivity index (χ0v) is 16.5. The molecule has 1 aliphatic rings. The normalized spacial score (nSPS) is 14.8. The lowest BCUT2D eigenvalue weighted by molar-refractivity contribution is -0.138. The van der Waals surface area contributed by atoms with Crippen LogP contribution < -0.4 is 0 Å². The summed E-state index contributed by atoms with van der Waals surface area (Å²) < 4.78 is 24.2. The van der Waals surface area contributed by atoms with Crippen molar-refractivity contribution >= 4 is 5.91 Å². The fourth-order valence-electron chi connectivity index (χ4n) is 3.33. The monoisotopic (exact) mass is 410 g/mol. The first-order chi connectivity index (χ1) is 14.7. The highest BCUT2D eigenvalue weighted by molar-refractivity contribution is 5.77. The predicted molar refractivity (Wildman–Crippen MR) is 108 cm³/mol. The van der Waals surface area contributed by atoms with Gasteiger partial charge in [0.1, 0.15) is 12.4 Å². The van der Waals surface area contributed by atoms with Crippen LogP contribution in [0, 0.1) is 5.82 Å². The highest BCUT2D eigenvalue weighted by Crippen LogP contribution is 2.18. The first-order valence-electron chi connectivity index (χ1n) is 9.88. The summed E-state index contributed by atoms with van der Waals surface area (Å²) in [4.78, 5) is 20.7. The summed E-state index contributed by atoms with van der Waals surface area (Å²) in [5, 5.41) is 3.99. The van der Waals surface area contributed by atoms with Gasteiger partial charge in [-0.05, 0) is 23.8 Å². The van der Waals surface area contributed by atoms with E-state index in [0.29, 0.717) is 56.6 Å². The fraction of sp³-hybridized carbons (Fsp3) is 0.318. The molecule has 2 aromatic carbocycles. The summed E-state index contributed by atoms with van der Waals surface area (Å²) in [5.74, 6) is 0.494. The van der Waals surface area contributed by atoms with Gasteiger partial charge >= 0.3 is 0 Å². The second-order valence-corrected chi connectivity index (χ2v) is 7.16. The number of amides is 1. The van der Waals surface area contributed by atoms with Gasteiger partial charge in [0.05, 0.1) is 13.2 Å². The summed E-state index contributed by atoms with van der Waals surface area (Å²) in [7, 11) is 0. The van der Waals surface area contributed by atoms with Gasteiger partial charge in [0.15, 0.2) is 5.82 Å². The molecule has 7 nitrogen and oxygen atoms in total. The van der Waals surface area contributed by atoms with Crippen LogP contribution in [-0.4, -0.2) is 58.6 Å². The van der Waals surface area contributed by atoms with E-state index in [1.54, 1.807) is 12.1 Å². The summed E-state index contributed by atoms with van der Waals surface area (Å²) >= 11 is 0. The van der Waals surface area contributed by atoms with Crippen LogP contribution in [0.4, 0.5) is 4.39 Å². The first-order valence-corrected chi connectivity index (χ1v) is 9.88. The van der Waals surface area contributed by atoms with Crippen molar-refractivity contribution in [3.05, 3.63) is 71.8 Å². The van der Waals surface area contributed by atoms with Crippen molar-refractivity contribution in [1.29, 1.82) is 0 Å². The van der Waals surface area contributed by atoms with Crippen LogP contribution in [0.5, 0.6) is 0 Å². The van der Waals surface area contributed by atoms with Crippen molar-refractivity contribution in [2.75, 3.05) is 32.8 Å². The molecule has 1 saturated heterocycles. The molecule has 0 spiro atoms. The lowest BCUT2D eigenvalue weighted by atomic mass is 10.2. The van der Waals surface area contributed by atoms with Gasteiger partial charge in [-0.25, -0.2) is 4.39 Å². The second kappa shape index (κ2) is 9.60. The predicted octanol–water partition coefficient (Wildman–Crippen LogP) is 2.74.